The Hall–Kier alpha value is -1.02. The van der Waals surface area contributed by atoms with Crippen LogP contribution in [-0.2, 0) is 6.42 Å². The molecule has 0 radical (unpaired) electrons. The lowest BCUT2D eigenvalue weighted by atomic mass is 9.96. The summed E-state index contributed by atoms with van der Waals surface area (Å²) in [6.45, 7) is 3.27. The lowest BCUT2D eigenvalue weighted by molar-refractivity contribution is 0.529. The quantitative estimate of drug-likeness (QED) is 0.768. The fraction of sp³-hybridized carbons (Fsp3) is 0.333. The van der Waals surface area contributed by atoms with E-state index in [1.54, 1.807) is 6.07 Å². The van der Waals surface area contributed by atoms with Crippen LogP contribution in [0.3, 0.4) is 0 Å². The molecule has 0 aliphatic heterocycles. The Bertz CT molecular complexity index is 631. The van der Waals surface area contributed by atoms with Crippen molar-refractivity contribution in [3.05, 3.63) is 57.6 Å². The summed E-state index contributed by atoms with van der Waals surface area (Å²) < 4.78 is 0. The maximum atomic E-state index is 6.15. The molecule has 1 aliphatic carbocycles. The number of hydrogen-bond acceptors (Lipinski definition) is 1. The van der Waals surface area contributed by atoms with Gasteiger partial charge < -0.3 is 5.32 Å². The molecule has 1 unspecified atom stereocenters. The van der Waals surface area contributed by atoms with Gasteiger partial charge in [0, 0.05) is 16.1 Å². The summed E-state index contributed by atoms with van der Waals surface area (Å²) in [5.41, 5.74) is 5.24. The van der Waals surface area contributed by atoms with Crippen molar-refractivity contribution in [3.8, 4) is 11.1 Å². The van der Waals surface area contributed by atoms with Crippen molar-refractivity contribution in [1.29, 1.82) is 0 Å². The van der Waals surface area contributed by atoms with E-state index in [1.807, 2.05) is 12.1 Å². The van der Waals surface area contributed by atoms with Gasteiger partial charge in [0.05, 0.1) is 0 Å². The molecular formula is C18H19Cl2N. The summed E-state index contributed by atoms with van der Waals surface area (Å²) in [5.74, 6) is 0. The second-order valence-corrected chi connectivity index (χ2v) is 6.45. The summed E-state index contributed by atoms with van der Waals surface area (Å²) in [7, 11) is 0. The fourth-order valence-corrected chi connectivity index (χ4v) is 3.69. The predicted molar refractivity (Wildman–Crippen MR) is 91.3 cm³/mol. The van der Waals surface area contributed by atoms with E-state index >= 15 is 0 Å². The molecule has 2 aromatic rings. The van der Waals surface area contributed by atoms with Crippen LogP contribution < -0.4 is 5.32 Å². The van der Waals surface area contributed by atoms with Gasteiger partial charge >= 0.3 is 0 Å². The molecule has 3 rings (SSSR count). The Morgan fingerprint density at radius 2 is 1.90 bits per heavy atom. The molecule has 21 heavy (non-hydrogen) atoms. The molecule has 2 aromatic carbocycles. The van der Waals surface area contributed by atoms with Crippen LogP contribution >= 0.6 is 23.2 Å². The lowest BCUT2D eigenvalue weighted by Crippen LogP contribution is -2.19. The molecule has 0 saturated carbocycles. The van der Waals surface area contributed by atoms with Crippen LogP contribution in [0.25, 0.3) is 11.1 Å². The SMILES string of the molecule is CCCNC1CCc2c(-c3cc(Cl)cc(Cl)c3)cccc21. The highest BCUT2D eigenvalue weighted by Crippen LogP contribution is 2.39. The van der Waals surface area contributed by atoms with Crippen molar-refractivity contribution in [2.45, 2.75) is 32.2 Å². The Balaban J connectivity index is 2.00. The molecular weight excluding hydrogens is 301 g/mol. The number of rotatable bonds is 4. The fourth-order valence-electron chi connectivity index (χ4n) is 3.16. The summed E-state index contributed by atoms with van der Waals surface area (Å²) in [5, 5.41) is 5.01. The molecule has 0 aromatic heterocycles. The second-order valence-electron chi connectivity index (χ2n) is 5.58. The van der Waals surface area contributed by atoms with Gasteiger partial charge in [-0.1, -0.05) is 48.3 Å². The first-order valence-electron chi connectivity index (χ1n) is 7.50. The maximum Gasteiger partial charge on any atom is 0.0426 e. The van der Waals surface area contributed by atoms with E-state index in [0.717, 1.165) is 24.9 Å². The van der Waals surface area contributed by atoms with Crippen LogP contribution in [-0.4, -0.2) is 6.54 Å². The first-order chi connectivity index (χ1) is 10.2. The van der Waals surface area contributed by atoms with Crippen LogP contribution in [0, 0.1) is 0 Å². The van der Waals surface area contributed by atoms with E-state index < -0.39 is 0 Å². The number of nitrogens with one attached hydrogen (secondary N) is 1. The number of hydrogen-bond donors (Lipinski definition) is 1. The lowest BCUT2D eigenvalue weighted by Gasteiger charge is -2.14. The van der Waals surface area contributed by atoms with Crippen LogP contribution in [0.15, 0.2) is 36.4 Å². The minimum atomic E-state index is 0.481. The van der Waals surface area contributed by atoms with E-state index in [1.165, 1.54) is 23.1 Å². The third-order valence-corrected chi connectivity index (χ3v) is 4.52. The van der Waals surface area contributed by atoms with Crippen molar-refractivity contribution in [1.82, 2.24) is 5.32 Å². The van der Waals surface area contributed by atoms with E-state index in [4.69, 9.17) is 23.2 Å². The van der Waals surface area contributed by atoms with Crippen LogP contribution in [0.4, 0.5) is 0 Å². The van der Waals surface area contributed by atoms with Crippen LogP contribution in [0.1, 0.15) is 36.9 Å². The molecule has 0 bridgehead atoms. The summed E-state index contributed by atoms with van der Waals surface area (Å²) >= 11 is 12.3. The van der Waals surface area contributed by atoms with Gasteiger partial charge in [0.1, 0.15) is 0 Å². The minimum absolute atomic E-state index is 0.481. The van der Waals surface area contributed by atoms with Gasteiger partial charge in [-0.3, -0.25) is 0 Å². The summed E-state index contributed by atoms with van der Waals surface area (Å²) in [6, 6.07) is 12.8. The van der Waals surface area contributed by atoms with Crippen molar-refractivity contribution >= 4 is 23.2 Å². The van der Waals surface area contributed by atoms with Gasteiger partial charge in [0.15, 0.2) is 0 Å². The van der Waals surface area contributed by atoms with E-state index in [9.17, 15) is 0 Å². The second kappa shape index (κ2) is 6.39. The largest absolute Gasteiger partial charge is 0.310 e. The number of halogens is 2. The molecule has 0 fully saturated rings. The van der Waals surface area contributed by atoms with E-state index in [2.05, 4.69) is 30.4 Å². The van der Waals surface area contributed by atoms with Gasteiger partial charge in [0.2, 0.25) is 0 Å². The van der Waals surface area contributed by atoms with Crippen molar-refractivity contribution in [2.75, 3.05) is 6.54 Å². The number of fused-ring (bicyclic) bond motifs is 1. The number of benzene rings is 2. The summed E-state index contributed by atoms with van der Waals surface area (Å²) in [4.78, 5) is 0. The molecule has 0 amide bonds. The van der Waals surface area contributed by atoms with Crippen molar-refractivity contribution < 1.29 is 0 Å². The molecule has 3 heteroatoms. The van der Waals surface area contributed by atoms with Gasteiger partial charge in [-0.25, -0.2) is 0 Å². The van der Waals surface area contributed by atoms with Crippen molar-refractivity contribution in [2.24, 2.45) is 0 Å². The van der Waals surface area contributed by atoms with E-state index in [0.29, 0.717) is 16.1 Å². The average molecular weight is 320 g/mol. The highest BCUT2D eigenvalue weighted by molar-refractivity contribution is 6.35. The van der Waals surface area contributed by atoms with Gasteiger partial charge in [-0.2, -0.15) is 0 Å². The van der Waals surface area contributed by atoms with Crippen LogP contribution in [0.2, 0.25) is 10.0 Å². The Morgan fingerprint density at radius 3 is 2.62 bits per heavy atom. The standard InChI is InChI=1S/C18H19Cl2N/c1-2-8-21-18-7-6-16-15(4-3-5-17(16)18)12-9-13(19)11-14(20)10-12/h3-5,9-11,18,21H,2,6-8H2,1H3. The zero-order chi connectivity index (χ0) is 14.8. The molecule has 110 valence electrons. The minimum Gasteiger partial charge on any atom is -0.310 e. The average Bonchev–Trinajstić information content (AvgIpc) is 2.87. The Kier molecular flexibility index (Phi) is 4.54. The van der Waals surface area contributed by atoms with Gasteiger partial charge in [-0.05, 0) is 66.3 Å². The highest BCUT2D eigenvalue weighted by atomic mass is 35.5. The first-order valence-corrected chi connectivity index (χ1v) is 8.26. The normalized spacial score (nSPS) is 17.0. The maximum absolute atomic E-state index is 6.15. The van der Waals surface area contributed by atoms with E-state index in [-0.39, 0.29) is 0 Å². The van der Waals surface area contributed by atoms with Gasteiger partial charge in [0.25, 0.3) is 0 Å². The Labute approximate surface area is 136 Å². The third kappa shape index (κ3) is 3.11. The first kappa shape index (κ1) is 14.9. The molecule has 1 aliphatic rings. The Morgan fingerprint density at radius 1 is 1.14 bits per heavy atom. The molecule has 0 heterocycles. The van der Waals surface area contributed by atoms with Crippen LogP contribution in [0.5, 0.6) is 0 Å². The summed E-state index contributed by atoms with van der Waals surface area (Å²) in [6.07, 6.45) is 3.44. The van der Waals surface area contributed by atoms with Gasteiger partial charge in [-0.15, -0.1) is 0 Å². The zero-order valence-corrected chi connectivity index (χ0v) is 13.6. The third-order valence-electron chi connectivity index (χ3n) is 4.08. The van der Waals surface area contributed by atoms with Crippen molar-refractivity contribution in [3.63, 3.8) is 0 Å². The molecule has 0 saturated heterocycles. The monoisotopic (exact) mass is 319 g/mol. The zero-order valence-electron chi connectivity index (χ0n) is 12.1. The topological polar surface area (TPSA) is 12.0 Å². The molecule has 0 spiro atoms. The molecule has 1 N–H and O–H groups in total. The predicted octanol–water partition coefficient (Wildman–Crippen LogP) is 5.65. The smallest absolute Gasteiger partial charge is 0.0426 e. The molecule has 1 nitrogen and oxygen atoms in total. The highest BCUT2D eigenvalue weighted by Gasteiger charge is 2.24. The molecule has 1 atom stereocenters.